The molecule has 0 radical (unpaired) electrons. The third kappa shape index (κ3) is 2.70. The van der Waals surface area contributed by atoms with E-state index in [1.54, 1.807) is 28.9 Å². The largest absolute Gasteiger partial charge is 0.310 e. The minimum absolute atomic E-state index is 0.102. The van der Waals surface area contributed by atoms with Crippen molar-refractivity contribution in [2.24, 2.45) is 0 Å². The molecule has 3 aromatic rings. The van der Waals surface area contributed by atoms with Crippen LogP contribution in [0.4, 0.5) is 5.82 Å². The monoisotopic (exact) mass is 364 g/mol. The highest BCUT2D eigenvalue weighted by atomic mass is 35.5. The Morgan fingerprint density at radius 1 is 1.23 bits per heavy atom. The fourth-order valence-electron chi connectivity index (χ4n) is 3.21. The van der Waals surface area contributed by atoms with Gasteiger partial charge in [0, 0.05) is 17.9 Å². The van der Waals surface area contributed by atoms with E-state index in [4.69, 9.17) is 16.9 Å². The van der Waals surface area contributed by atoms with Gasteiger partial charge >= 0.3 is 0 Å². The van der Waals surface area contributed by atoms with Crippen molar-refractivity contribution in [3.05, 3.63) is 63.9 Å². The van der Waals surface area contributed by atoms with Gasteiger partial charge in [0.15, 0.2) is 11.0 Å². The van der Waals surface area contributed by atoms with Gasteiger partial charge in [-0.25, -0.2) is 0 Å². The Hall–Kier alpha value is -3.24. The van der Waals surface area contributed by atoms with Gasteiger partial charge in [0.05, 0.1) is 17.3 Å². The van der Waals surface area contributed by atoms with E-state index in [0.717, 1.165) is 16.8 Å². The number of halogens is 1. The van der Waals surface area contributed by atoms with Crippen molar-refractivity contribution >= 4 is 23.3 Å². The van der Waals surface area contributed by atoms with Gasteiger partial charge in [0.25, 0.3) is 0 Å². The quantitative estimate of drug-likeness (QED) is 0.754. The van der Waals surface area contributed by atoms with Gasteiger partial charge in [-0.2, -0.15) is 15.0 Å². The van der Waals surface area contributed by atoms with E-state index >= 15 is 0 Å². The third-order valence-corrected chi connectivity index (χ3v) is 4.58. The Morgan fingerprint density at radius 3 is 2.65 bits per heavy atom. The first kappa shape index (κ1) is 16.2. The summed E-state index contributed by atoms with van der Waals surface area (Å²) in [4.78, 5) is 12.3. The molecular formula is C18H13ClN6O. The maximum Gasteiger partial charge on any atom is 0.226 e. The number of nitrogens with zero attached hydrogens (tertiary/aromatic N) is 5. The summed E-state index contributed by atoms with van der Waals surface area (Å²) >= 11 is 5.80. The van der Waals surface area contributed by atoms with Crippen LogP contribution < -0.4 is 5.32 Å². The number of anilines is 1. The maximum atomic E-state index is 12.3. The topological polar surface area (TPSA) is 96.5 Å². The average Bonchev–Trinajstić information content (AvgIpc) is 2.98. The average molecular weight is 365 g/mol. The molecule has 1 aliphatic rings. The molecule has 0 spiro atoms. The number of nitrogens with one attached hydrogen (secondary N) is 1. The van der Waals surface area contributed by atoms with Crippen molar-refractivity contribution in [2.45, 2.75) is 19.3 Å². The molecule has 2 aromatic heterocycles. The normalized spacial score (nSPS) is 15.9. The molecule has 0 aliphatic carbocycles. The molecule has 0 bridgehead atoms. The lowest BCUT2D eigenvalue weighted by Crippen LogP contribution is -2.25. The van der Waals surface area contributed by atoms with Crippen molar-refractivity contribution < 1.29 is 4.79 Å². The molecule has 26 heavy (non-hydrogen) atoms. The van der Waals surface area contributed by atoms with Crippen LogP contribution in [0, 0.1) is 18.3 Å². The molecule has 3 heterocycles. The summed E-state index contributed by atoms with van der Waals surface area (Å²) in [6, 6.07) is 12.7. The second-order valence-corrected chi connectivity index (χ2v) is 6.40. The van der Waals surface area contributed by atoms with E-state index in [2.05, 4.69) is 26.7 Å². The highest BCUT2D eigenvalue weighted by molar-refractivity contribution is 6.29. The summed E-state index contributed by atoms with van der Waals surface area (Å²) in [7, 11) is 0. The number of benzene rings is 1. The summed E-state index contributed by atoms with van der Waals surface area (Å²) in [6.45, 7) is 1.90. The van der Waals surface area contributed by atoms with Crippen LogP contribution in [0.25, 0.3) is 5.82 Å². The first-order valence-electron chi connectivity index (χ1n) is 7.96. The van der Waals surface area contributed by atoms with E-state index in [1.807, 2.05) is 19.1 Å². The van der Waals surface area contributed by atoms with Gasteiger partial charge in [-0.05, 0) is 36.8 Å². The van der Waals surface area contributed by atoms with Crippen molar-refractivity contribution in [3.8, 4) is 11.9 Å². The molecule has 7 nitrogen and oxygen atoms in total. The standard InChI is InChI=1S/C18H13ClN6O/c1-10-17-13(12-4-2-11(9-20)3-5-12)8-16(26)21-18(17)25(24-10)15-7-6-14(19)22-23-15/h2-7,13H,8H2,1H3,(H,21,26)/t13-/m0/s1. The lowest BCUT2D eigenvalue weighted by Gasteiger charge is -2.24. The molecule has 0 unspecified atom stereocenters. The number of carbonyl (C=O) groups excluding carboxylic acids is 1. The van der Waals surface area contributed by atoms with Gasteiger partial charge < -0.3 is 5.32 Å². The van der Waals surface area contributed by atoms with Crippen molar-refractivity contribution in [2.75, 3.05) is 5.32 Å². The summed E-state index contributed by atoms with van der Waals surface area (Å²) in [5, 5.41) is 24.6. The number of aryl methyl sites for hydroxylation is 1. The van der Waals surface area contributed by atoms with Crippen LogP contribution in [0.5, 0.6) is 0 Å². The Morgan fingerprint density at radius 2 is 2.00 bits per heavy atom. The van der Waals surface area contributed by atoms with E-state index in [1.165, 1.54) is 0 Å². The minimum atomic E-state index is -0.138. The smallest absolute Gasteiger partial charge is 0.226 e. The molecule has 1 amide bonds. The Balaban J connectivity index is 1.84. The molecule has 1 aliphatic heterocycles. The number of rotatable bonds is 2. The number of hydrogen-bond donors (Lipinski definition) is 1. The molecule has 1 N–H and O–H groups in total. The number of aromatic nitrogens is 4. The fourth-order valence-corrected chi connectivity index (χ4v) is 3.31. The molecule has 128 valence electrons. The molecule has 1 aromatic carbocycles. The highest BCUT2D eigenvalue weighted by Gasteiger charge is 2.32. The molecule has 4 rings (SSSR count). The predicted octanol–water partition coefficient (Wildman–Crippen LogP) is 2.97. The van der Waals surface area contributed by atoms with Crippen LogP contribution in [-0.2, 0) is 4.79 Å². The number of amides is 1. The minimum Gasteiger partial charge on any atom is -0.310 e. The zero-order valence-electron chi connectivity index (χ0n) is 13.8. The van der Waals surface area contributed by atoms with Crippen molar-refractivity contribution in [1.82, 2.24) is 20.0 Å². The fraction of sp³-hybridized carbons (Fsp3) is 0.167. The zero-order valence-corrected chi connectivity index (χ0v) is 14.5. The Kier molecular flexibility index (Phi) is 3.90. The number of nitriles is 1. The number of fused-ring (bicyclic) bond motifs is 1. The summed E-state index contributed by atoms with van der Waals surface area (Å²) < 4.78 is 1.57. The summed E-state index contributed by atoms with van der Waals surface area (Å²) in [6.07, 6.45) is 0.317. The Labute approximate surface area is 154 Å². The molecule has 0 saturated heterocycles. The molecular weight excluding hydrogens is 352 g/mol. The third-order valence-electron chi connectivity index (χ3n) is 4.38. The molecule has 8 heteroatoms. The summed E-state index contributed by atoms with van der Waals surface area (Å²) in [5.74, 6) is 0.819. The van der Waals surface area contributed by atoms with Gasteiger partial charge in [0.1, 0.15) is 5.82 Å². The second kappa shape index (κ2) is 6.24. The van der Waals surface area contributed by atoms with Crippen molar-refractivity contribution in [1.29, 1.82) is 5.26 Å². The van der Waals surface area contributed by atoms with Crippen LogP contribution in [0.2, 0.25) is 5.15 Å². The number of carbonyl (C=O) groups is 1. The molecule has 1 atom stereocenters. The lowest BCUT2D eigenvalue weighted by molar-refractivity contribution is -0.116. The van der Waals surface area contributed by atoms with E-state index < -0.39 is 0 Å². The predicted molar refractivity (Wildman–Crippen MR) is 95.1 cm³/mol. The highest BCUT2D eigenvalue weighted by Crippen LogP contribution is 2.39. The van der Waals surface area contributed by atoms with E-state index in [0.29, 0.717) is 23.6 Å². The summed E-state index contributed by atoms with van der Waals surface area (Å²) in [5.41, 5.74) is 3.28. The van der Waals surface area contributed by atoms with Gasteiger partial charge in [-0.15, -0.1) is 10.2 Å². The second-order valence-electron chi connectivity index (χ2n) is 6.01. The van der Waals surface area contributed by atoms with Crippen LogP contribution in [-0.4, -0.2) is 25.9 Å². The number of hydrogen-bond acceptors (Lipinski definition) is 5. The van der Waals surface area contributed by atoms with Crippen LogP contribution in [0.1, 0.15) is 34.7 Å². The van der Waals surface area contributed by atoms with Gasteiger partial charge in [0.2, 0.25) is 5.91 Å². The van der Waals surface area contributed by atoms with Crippen LogP contribution >= 0.6 is 11.6 Å². The SMILES string of the molecule is Cc1nn(-c2ccc(Cl)nn2)c2c1[C@H](c1ccc(C#N)cc1)CC(=O)N2. The van der Waals surface area contributed by atoms with Crippen molar-refractivity contribution in [3.63, 3.8) is 0 Å². The first-order chi connectivity index (χ1) is 12.6. The zero-order chi connectivity index (χ0) is 18.3. The van der Waals surface area contributed by atoms with Gasteiger partial charge in [-0.1, -0.05) is 23.7 Å². The maximum absolute atomic E-state index is 12.3. The molecule has 0 saturated carbocycles. The van der Waals surface area contributed by atoms with E-state index in [-0.39, 0.29) is 17.0 Å². The Bertz CT molecular complexity index is 1030. The first-order valence-corrected chi connectivity index (χ1v) is 8.33. The molecule has 0 fully saturated rings. The van der Waals surface area contributed by atoms with E-state index in [9.17, 15) is 4.79 Å². The van der Waals surface area contributed by atoms with Crippen LogP contribution in [0.15, 0.2) is 36.4 Å². The lowest BCUT2D eigenvalue weighted by atomic mass is 9.85. The van der Waals surface area contributed by atoms with Gasteiger partial charge in [-0.3, -0.25) is 4.79 Å². The van der Waals surface area contributed by atoms with Crippen LogP contribution in [0.3, 0.4) is 0 Å².